The molecule has 2 aliphatic rings. The summed E-state index contributed by atoms with van der Waals surface area (Å²) in [6.07, 6.45) is 1.83. The first kappa shape index (κ1) is 17.9. The number of carbonyl (C=O) groups excluding carboxylic acids is 4. The highest BCUT2D eigenvalue weighted by molar-refractivity contribution is 6.13. The van der Waals surface area contributed by atoms with Crippen molar-refractivity contribution in [1.82, 2.24) is 9.80 Å². The molecule has 1 aliphatic carbocycles. The van der Waals surface area contributed by atoms with Gasteiger partial charge in [-0.3, -0.25) is 19.2 Å². The molecule has 0 atom stereocenters. The van der Waals surface area contributed by atoms with Crippen molar-refractivity contribution in [3.8, 4) is 0 Å². The molecule has 8 heteroatoms. The number of benzene rings is 1. The SMILES string of the molecule is CC(=O)Nc1cccc(NC(=O)C2(C(=O)N3CCN(C=O)CC3)CC2)c1. The molecule has 0 radical (unpaired) electrons. The van der Waals surface area contributed by atoms with E-state index in [0.29, 0.717) is 50.4 Å². The number of nitrogens with zero attached hydrogens (tertiary/aromatic N) is 2. The van der Waals surface area contributed by atoms with Gasteiger partial charge in [0.25, 0.3) is 0 Å². The standard InChI is InChI=1S/C18H22N4O4/c1-13(24)19-14-3-2-4-15(11-14)20-16(25)18(5-6-18)17(26)22-9-7-21(12-23)8-10-22/h2-4,11-12H,5-10H2,1H3,(H,19,24)(H,20,25). The molecule has 0 aromatic heterocycles. The van der Waals surface area contributed by atoms with E-state index in [9.17, 15) is 19.2 Å². The summed E-state index contributed by atoms with van der Waals surface area (Å²) in [5.74, 6) is -0.685. The molecule has 4 amide bonds. The van der Waals surface area contributed by atoms with Crippen molar-refractivity contribution in [2.45, 2.75) is 19.8 Å². The largest absolute Gasteiger partial charge is 0.342 e. The summed E-state index contributed by atoms with van der Waals surface area (Å²) in [5, 5.41) is 5.45. The van der Waals surface area contributed by atoms with Gasteiger partial charge in [0.15, 0.2) is 0 Å². The third-order valence-electron chi connectivity index (χ3n) is 4.79. The third-order valence-corrected chi connectivity index (χ3v) is 4.79. The van der Waals surface area contributed by atoms with Crippen LogP contribution in [-0.2, 0) is 19.2 Å². The van der Waals surface area contributed by atoms with Gasteiger partial charge in [0.05, 0.1) is 0 Å². The van der Waals surface area contributed by atoms with Crippen LogP contribution in [0.5, 0.6) is 0 Å². The van der Waals surface area contributed by atoms with Crippen LogP contribution in [0, 0.1) is 5.41 Å². The highest BCUT2D eigenvalue weighted by atomic mass is 16.2. The minimum absolute atomic E-state index is 0.168. The van der Waals surface area contributed by atoms with Crippen LogP contribution in [0.4, 0.5) is 11.4 Å². The second kappa shape index (κ2) is 7.15. The van der Waals surface area contributed by atoms with Crippen molar-refractivity contribution in [2.75, 3.05) is 36.8 Å². The van der Waals surface area contributed by atoms with E-state index in [4.69, 9.17) is 0 Å². The molecule has 1 aromatic rings. The maximum absolute atomic E-state index is 12.8. The zero-order valence-corrected chi connectivity index (χ0v) is 14.7. The number of rotatable bonds is 5. The van der Waals surface area contributed by atoms with Gasteiger partial charge in [0, 0.05) is 44.5 Å². The molecule has 0 spiro atoms. The molecule has 2 fully saturated rings. The van der Waals surface area contributed by atoms with E-state index in [2.05, 4.69) is 10.6 Å². The Hall–Kier alpha value is -2.90. The molecule has 1 saturated heterocycles. The fourth-order valence-electron chi connectivity index (χ4n) is 3.12. The van der Waals surface area contributed by atoms with Gasteiger partial charge < -0.3 is 20.4 Å². The van der Waals surface area contributed by atoms with Crippen molar-refractivity contribution < 1.29 is 19.2 Å². The summed E-state index contributed by atoms with van der Waals surface area (Å²) >= 11 is 0. The van der Waals surface area contributed by atoms with Gasteiger partial charge in [-0.1, -0.05) is 6.07 Å². The Morgan fingerprint density at radius 3 is 2.19 bits per heavy atom. The lowest BCUT2D eigenvalue weighted by atomic mass is 10.0. The maximum atomic E-state index is 12.8. The van der Waals surface area contributed by atoms with Crippen LogP contribution in [0.25, 0.3) is 0 Å². The van der Waals surface area contributed by atoms with Crippen molar-refractivity contribution in [2.24, 2.45) is 5.41 Å². The van der Waals surface area contributed by atoms with E-state index in [1.54, 1.807) is 34.1 Å². The predicted molar refractivity (Wildman–Crippen MR) is 95.3 cm³/mol. The van der Waals surface area contributed by atoms with Gasteiger partial charge in [-0.2, -0.15) is 0 Å². The molecule has 1 aliphatic heterocycles. The summed E-state index contributed by atoms with van der Waals surface area (Å²) in [6, 6.07) is 6.82. The van der Waals surface area contributed by atoms with Crippen LogP contribution in [0.2, 0.25) is 0 Å². The highest BCUT2D eigenvalue weighted by Gasteiger charge is 2.58. The number of nitrogens with one attached hydrogen (secondary N) is 2. The van der Waals surface area contributed by atoms with Crippen molar-refractivity contribution in [1.29, 1.82) is 0 Å². The van der Waals surface area contributed by atoms with Crippen LogP contribution in [0.3, 0.4) is 0 Å². The fourth-order valence-corrected chi connectivity index (χ4v) is 3.12. The molecule has 1 saturated carbocycles. The second-order valence-electron chi connectivity index (χ2n) is 6.73. The number of amides is 4. The molecule has 2 N–H and O–H groups in total. The topological polar surface area (TPSA) is 98.8 Å². The van der Waals surface area contributed by atoms with Gasteiger partial charge in [-0.05, 0) is 31.0 Å². The zero-order valence-electron chi connectivity index (χ0n) is 14.7. The number of anilines is 2. The normalized spacial score (nSPS) is 18.0. The number of carbonyl (C=O) groups is 4. The van der Waals surface area contributed by atoms with Gasteiger partial charge in [-0.25, -0.2) is 0 Å². The zero-order chi connectivity index (χ0) is 18.7. The van der Waals surface area contributed by atoms with E-state index < -0.39 is 5.41 Å². The Labute approximate surface area is 151 Å². The smallest absolute Gasteiger partial charge is 0.240 e. The lowest BCUT2D eigenvalue weighted by Gasteiger charge is -2.34. The van der Waals surface area contributed by atoms with Crippen LogP contribution in [-0.4, -0.2) is 60.1 Å². The van der Waals surface area contributed by atoms with E-state index in [1.807, 2.05) is 0 Å². The summed E-state index contributed by atoms with van der Waals surface area (Å²) in [6.45, 7) is 3.29. The van der Waals surface area contributed by atoms with E-state index in [1.165, 1.54) is 6.92 Å². The molecular formula is C18H22N4O4. The van der Waals surface area contributed by atoms with Gasteiger partial charge in [0.2, 0.25) is 24.1 Å². The summed E-state index contributed by atoms with van der Waals surface area (Å²) in [4.78, 5) is 50.8. The Balaban J connectivity index is 1.65. The second-order valence-corrected chi connectivity index (χ2v) is 6.73. The first-order chi connectivity index (χ1) is 12.4. The van der Waals surface area contributed by atoms with E-state index >= 15 is 0 Å². The van der Waals surface area contributed by atoms with Gasteiger partial charge in [-0.15, -0.1) is 0 Å². The Morgan fingerprint density at radius 2 is 1.65 bits per heavy atom. The Morgan fingerprint density at radius 1 is 1.04 bits per heavy atom. The predicted octanol–water partition coefficient (Wildman–Crippen LogP) is 0.664. The maximum Gasteiger partial charge on any atom is 0.240 e. The van der Waals surface area contributed by atoms with Crippen LogP contribution >= 0.6 is 0 Å². The number of hydrogen-bond donors (Lipinski definition) is 2. The highest BCUT2D eigenvalue weighted by Crippen LogP contribution is 2.48. The van der Waals surface area contributed by atoms with Gasteiger partial charge in [0.1, 0.15) is 5.41 Å². The molecule has 3 rings (SSSR count). The van der Waals surface area contributed by atoms with Gasteiger partial charge >= 0.3 is 0 Å². The lowest BCUT2D eigenvalue weighted by molar-refractivity contribution is -0.144. The Bertz CT molecular complexity index is 736. The monoisotopic (exact) mass is 358 g/mol. The molecular weight excluding hydrogens is 336 g/mol. The fraction of sp³-hybridized carbons (Fsp3) is 0.444. The van der Waals surface area contributed by atoms with E-state index in [0.717, 1.165) is 6.41 Å². The third kappa shape index (κ3) is 3.68. The van der Waals surface area contributed by atoms with Crippen molar-refractivity contribution >= 4 is 35.5 Å². The van der Waals surface area contributed by atoms with Crippen LogP contribution in [0.15, 0.2) is 24.3 Å². The molecule has 26 heavy (non-hydrogen) atoms. The molecule has 138 valence electrons. The summed E-state index contributed by atoms with van der Waals surface area (Å²) in [7, 11) is 0. The average Bonchev–Trinajstić information content (AvgIpc) is 3.43. The van der Waals surface area contributed by atoms with Crippen LogP contribution < -0.4 is 10.6 Å². The summed E-state index contributed by atoms with van der Waals surface area (Å²) in [5.41, 5.74) is 0.107. The molecule has 0 unspecified atom stereocenters. The minimum Gasteiger partial charge on any atom is -0.342 e. The summed E-state index contributed by atoms with van der Waals surface area (Å²) < 4.78 is 0. The molecule has 1 heterocycles. The first-order valence-corrected chi connectivity index (χ1v) is 8.62. The molecule has 8 nitrogen and oxygen atoms in total. The number of piperazine rings is 1. The Kier molecular flexibility index (Phi) is 4.92. The average molecular weight is 358 g/mol. The molecule has 1 aromatic carbocycles. The lowest BCUT2D eigenvalue weighted by Crippen LogP contribution is -2.52. The minimum atomic E-state index is -1.01. The van der Waals surface area contributed by atoms with Crippen molar-refractivity contribution in [3.63, 3.8) is 0 Å². The van der Waals surface area contributed by atoms with Crippen molar-refractivity contribution in [3.05, 3.63) is 24.3 Å². The quantitative estimate of drug-likeness (QED) is 0.597. The molecule has 0 bridgehead atoms. The first-order valence-electron chi connectivity index (χ1n) is 8.62. The van der Waals surface area contributed by atoms with E-state index in [-0.39, 0.29) is 17.7 Å². The number of hydrogen-bond acceptors (Lipinski definition) is 4. The van der Waals surface area contributed by atoms with Crippen LogP contribution in [0.1, 0.15) is 19.8 Å².